The van der Waals surface area contributed by atoms with Gasteiger partial charge in [0.15, 0.2) is 17.4 Å². The minimum absolute atomic E-state index is 0.0405. The highest BCUT2D eigenvalue weighted by Crippen LogP contribution is 2.35. The van der Waals surface area contributed by atoms with E-state index in [1.54, 1.807) is 6.20 Å². The van der Waals surface area contributed by atoms with Crippen molar-refractivity contribution in [1.82, 2.24) is 26.0 Å². The fourth-order valence-corrected chi connectivity index (χ4v) is 4.08. The summed E-state index contributed by atoms with van der Waals surface area (Å²) in [7, 11) is 1.90. The molecular formula is C21H25N7O2. The zero-order valence-corrected chi connectivity index (χ0v) is 17.0. The molecule has 2 N–H and O–H groups in total. The molecule has 2 aromatic rings. The summed E-state index contributed by atoms with van der Waals surface area (Å²) in [5.41, 5.74) is 8.27. The van der Waals surface area contributed by atoms with E-state index in [1.165, 1.54) is 6.42 Å². The monoisotopic (exact) mass is 407 g/mol. The van der Waals surface area contributed by atoms with Crippen molar-refractivity contribution in [2.45, 2.75) is 19.3 Å². The third-order valence-electron chi connectivity index (χ3n) is 5.69. The predicted octanol–water partition coefficient (Wildman–Crippen LogP) is 1.85. The predicted molar refractivity (Wildman–Crippen MR) is 114 cm³/mol. The molecule has 1 fully saturated rings. The summed E-state index contributed by atoms with van der Waals surface area (Å²) in [6.45, 7) is 2.88. The van der Waals surface area contributed by atoms with Gasteiger partial charge in [-0.1, -0.05) is 0 Å². The number of hydrazone groups is 1. The lowest BCUT2D eigenvalue weighted by molar-refractivity contribution is 0.0723. The molecule has 9 nitrogen and oxygen atoms in total. The number of nitrogens with zero attached hydrogens (tertiary/aromatic N) is 5. The third kappa shape index (κ3) is 3.41. The topological polar surface area (TPSA) is 85.3 Å². The van der Waals surface area contributed by atoms with Crippen molar-refractivity contribution in [3.05, 3.63) is 47.7 Å². The molecule has 1 aromatic heterocycles. The van der Waals surface area contributed by atoms with Crippen LogP contribution in [0.1, 0.15) is 35.2 Å². The van der Waals surface area contributed by atoms with Crippen LogP contribution < -0.4 is 20.7 Å². The van der Waals surface area contributed by atoms with Gasteiger partial charge in [0.2, 0.25) is 0 Å². The number of piperidine rings is 1. The summed E-state index contributed by atoms with van der Waals surface area (Å²) in [6.07, 6.45) is 5.00. The van der Waals surface area contributed by atoms with Gasteiger partial charge in [-0.15, -0.1) is 10.6 Å². The Hall–Kier alpha value is -3.33. The lowest BCUT2D eigenvalue weighted by atomic mass is 10.1. The lowest BCUT2D eigenvalue weighted by Gasteiger charge is -2.31. The van der Waals surface area contributed by atoms with Gasteiger partial charge in [-0.2, -0.15) is 0 Å². The number of rotatable bonds is 3. The fourth-order valence-electron chi connectivity index (χ4n) is 4.08. The van der Waals surface area contributed by atoms with Crippen LogP contribution in [0.4, 0.5) is 11.5 Å². The molecule has 0 saturated carbocycles. The van der Waals surface area contributed by atoms with E-state index in [-0.39, 0.29) is 5.91 Å². The molecular weight excluding hydrogens is 382 g/mol. The van der Waals surface area contributed by atoms with E-state index >= 15 is 0 Å². The van der Waals surface area contributed by atoms with Crippen LogP contribution in [-0.2, 0) is 0 Å². The molecule has 0 atom stereocenters. The first-order valence-electron chi connectivity index (χ1n) is 10.3. The van der Waals surface area contributed by atoms with Crippen LogP contribution in [0.25, 0.3) is 0 Å². The second-order valence-electron chi connectivity index (χ2n) is 7.66. The Morgan fingerprint density at radius 1 is 1.10 bits per heavy atom. The number of hydrazine groups is 2. The number of likely N-dealkylation sites (tertiary alicyclic amines) is 1. The van der Waals surface area contributed by atoms with Crippen LogP contribution in [0.3, 0.4) is 0 Å². The summed E-state index contributed by atoms with van der Waals surface area (Å²) in [5.74, 6) is 2.26. The highest BCUT2D eigenvalue weighted by atomic mass is 16.5. The van der Waals surface area contributed by atoms with E-state index in [0.29, 0.717) is 24.5 Å². The Morgan fingerprint density at radius 2 is 1.90 bits per heavy atom. The van der Waals surface area contributed by atoms with Crippen molar-refractivity contribution >= 4 is 23.2 Å². The van der Waals surface area contributed by atoms with Crippen LogP contribution >= 0.6 is 0 Å². The number of nitrogens with one attached hydrogen (secondary N) is 2. The maximum Gasteiger partial charge on any atom is 0.255 e. The van der Waals surface area contributed by atoms with Crippen LogP contribution in [0.2, 0.25) is 0 Å². The number of fused-ring (bicyclic) bond motifs is 1. The molecule has 1 amide bonds. The van der Waals surface area contributed by atoms with Gasteiger partial charge >= 0.3 is 0 Å². The standard InChI is InChI=1S/C21H25N7O2/c1-26-19(23-24-25-26)15-5-7-17(8-6-15)28-11-12-30-18-13-16(14-22-20(18)28)21(29)27-9-3-2-4-10-27/h5-8,13-14,24-25H,2-4,9-12H2,1H3. The van der Waals surface area contributed by atoms with Crippen molar-refractivity contribution in [2.24, 2.45) is 5.10 Å². The smallest absolute Gasteiger partial charge is 0.255 e. The maximum absolute atomic E-state index is 12.8. The van der Waals surface area contributed by atoms with Gasteiger partial charge in [-0.05, 0) is 49.6 Å². The van der Waals surface area contributed by atoms with Gasteiger partial charge < -0.3 is 14.5 Å². The Labute approximate surface area is 175 Å². The first kappa shape index (κ1) is 18.7. The quantitative estimate of drug-likeness (QED) is 0.803. The van der Waals surface area contributed by atoms with E-state index in [2.05, 4.69) is 26.1 Å². The summed E-state index contributed by atoms with van der Waals surface area (Å²) in [5, 5.41) is 6.05. The third-order valence-corrected chi connectivity index (χ3v) is 5.69. The number of pyridine rings is 1. The molecule has 156 valence electrons. The normalized spacial score (nSPS) is 18.4. The van der Waals surface area contributed by atoms with Gasteiger partial charge in [0.25, 0.3) is 5.91 Å². The maximum atomic E-state index is 12.8. The minimum Gasteiger partial charge on any atom is -0.488 e. The summed E-state index contributed by atoms with van der Waals surface area (Å²) in [4.78, 5) is 21.5. The van der Waals surface area contributed by atoms with Crippen molar-refractivity contribution in [3.8, 4) is 5.75 Å². The zero-order valence-electron chi connectivity index (χ0n) is 17.0. The van der Waals surface area contributed by atoms with Crippen LogP contribution in [0, 0.1) is 0 Å². The van der Waals surface area contributed by atoms with Crippen LogP contribution in [-0.4, -0.2) is 59.9 Å². The van der Waals surface area contributed by atoms with Gasteiger partial charge in [-0.25, -0.2) is 10.5 Å². The number of aromatic nitrogens is 1. The van der Waals surface area contributed by atoms with Crippen LogP contribution in [0.5, 0.6) is 5.75 Å². The van der Waals surface area contributed by atoms with E-state index in [9.17, 15) is 4.79 Å². The van der Waals surface area contributed by atoms with E-state index in [1.807, 2.05) is 47.3 Å². The number of carbonyl (C=O) groups excluding carboxylic acids is 1. The average Bonchev–Trinajstić information content (AvgIpc) is 3.24. The average molecular weight is 407 g/mol. The van der Waals surface area contributed by atoms with E-state index in [4.69, 9.17) is 4.74 Å². The Kier molecular flexibility index (Phi) is 4.88. The van der Waals surface area contributed by atoms with Crippen LogP contribution in [0.15, 0.2) is 41.6 Å². The number of ether oxygens (including phenoxy) is 1. The summed E-state index contributed by atoms with van der Waals surface area (Å²) < 4.78 is 5.86. The van der Waals surface area contributed by atoms with Crippen molar-refractivity contribution in [1.29, 1.82) is 0 Å². The van der Waals surface area contributed by atoms with Gasteiger partial charge in [-0.3, -0.25) is 9.80 Å². The van der Waals surface area contributed by atoms with Crippen molar-refractivity contribution in [2.75, 3.05) is 38.2 Å². The molecule has 0 radical (unpaired) electrons. The SMILES string of the molecule is CN1NNN=C1c1ccc(N2CCOc3cc(C(=O)N4CCCCC4)cnc32)cc1. The molecule has 0 spiro atoms. The second-order valence-corrected chi connectivity index (χ2v) is 7.66. The number of hydrogen-bond acceptors (Lipinski definition) is 8. The highest BCUT2D eigenvalue weighted by Gasteiger charge is 2.25. The molecule has 4 heterocycles. The molecule has 1 aromatic carbocycles. The lowest BCUT2D eigenvalue weighted by Crippen LogP contribution is -2.37. The molecule has 0 aliphatic carbocycles. The largest absolute Gasteiger partial charge is 0.488 e. The number of amidine groups is 1. The number of hydrogen-bond donors (Lipinski definition) is 2. The fraction of sp³-hybridized carbons (Fsp3) is 0.381. The number of amides is 1. The Balaban J connectivity index is 1.38. The molecule has 1 saturated heterocycles. The van der Waals surface area contributed by atoms with E-state index in [0.717, 1.165) is 48.8 Å². The molecule has 3 aliphatic rings. The summed E-state index contributed by atoms with van der Waals surface area (Å²) in [6, 6.07) is 9.99. The molecule has 9 heteroatoms. The molecule has 5 rings (SSSR count). The molecule has 3 aliphatic heterocycles. The number of benzene rings is 1. The highest BCUT2D eigenvalue weighted by molar-refractivity contribution is 5.99. The van der Waals surface area contributed by atoms with Gasteiger partial charge in [0.1, 0.15) is 6.61 Å². The summed E-state index contributed by atoms with van der Waals surface area (Å²) >= 11 is 0. The minimum atomic E-state index is 0.0405. The van der Waals surface area contributed by atoms with Gasteiger partial charge in [0, 0.05) is 37.6 Å². The van der Waals surface area contributed by atoms with Crippen molar-refractivity contribution < 1.29 is 9.53 Å². The molecule has 0 bridgehead atoms. The first-order valence-corrected chi connectivity index (χ1v) is 10.3. The van der Waals surface area contributed by atoms with Gasteiger partial charge in [0.05, 0.1) is 12.1 Å². The van der Waals surface area contributed by atoms with Crippen molar-refractivity contribution in [3.63, 3.8) is 0 Å². The first-order chi connectivity index (χ1) is 14.7. The Morgan fingerprint density at radius 3 is 2.63 bits per heavy atom. The molecule has 30 heavy (non-hydrogen) atoms. The second kappa shape index (κ2) is 7.83. The molecule has 0 unspecified atom stereocenters. The number of anilines is 2. The van der Waals surface area contributed by atoms with E-state index < -0.39 is 0 Å². The number of carbonyl (C=O) groups is 1. The zero-order chi connectivity index (χ0) is 20.5. The Bertz CT molecular complexity index is 970.